The molecule has 0 spiro atoms. The van der Waals surface area contributed by atoms with Gasteiger partial charge in [0.15, 0.2) is 0 Å². The van der Waals surface area contributed by atoms with Crippen molar-refractivity contribution in [1.29, 1.82) is 0 Å². The van der Waals surface area contributed by atoms with Gasteiger partial charge in [0.2, 0.25) is 17.6 Å². The fraction of sp³-hybridized carbons (Fsp3) is 0.483. The summed E-state index contributed by atoms with van der Waals surface area (Å²) in [4.78, 5) is 22.3. The minimum atomic E-state index is -0.00398. The van der Waals surface area contributed by atoms with Crippen LogP contribution in [0.25, 0.3) is 11.4 Å². The average Bonchev–Trinajstić information content (AvgIpc) is 3.42. The van der Waals surface area contributed by atoms with Crippen molar-refractivity contribution >= 4 is 11.6 Å². The minimum Gasteiger partial charge on any atom is -0.497 e. The fourth-order valence-electron chi connectivity index (χ4n) is 5.26. The Balaban J connectivity index is 1.08. The Morgan fingerprint density at radius 3 is 2.41 bits per heavy atom. The van der Waals surface area contributed by atoms with Crippen molar-refractivity contribution in [1.82, 2.24) is 20.4 Å². The Morgan fingerprint density at radius 2 is 1.73 bits per heavy atom. The van der Waals surface area contributed by atoms with E-state index in [1.807, 2.05) is 24.3 Å². The molecule has 5 rings (SSSR count). The van der Waals surface area contributed by atoms with E-state index in [1.54, 1.807) is 7.11 Å². The molecule has 196 valence electrons. The van der Waals surface area contributed by atoms with Crippen molar-refractivity contribution < 1.29 is 14.1 Å². The number of ether oxygens (including phenoxy) is 1. The number of amides is 1. The number of carbonyl (C=O) groups is 1. The van der Waals surface area contributed by atoms with Gasteiger partial charge in [-0.05, 0) is 94.1 Å². The summed E-state index contributed by atoms with van der Waals surface area (Å²) in [7, 11) is 1.64. The molecule has 1 atom stereocenters. The van der Waals surface area contributed by atoms with E-state index in [9.17, 15) is 4.79 Å². The van der Waals surface area contributed by atoms with Gasteiger partial charge in [0.1, 0.15) is 5.75 Å². The number of rotatable bonds is 8. The van der Waals surface area contributed by atoms with Gasteiger partial charge in [-0.25, -0.2) is 0 Å². The van der Waals surface area contributed by atoms with Gasteiger partial charge in [0, 0.05) is 30.3 Å². The van der Waals surface area contributed by atoms with Crippen molar-refractivity contribution in [3.63, 3.8) is 0 Å². The van der Waals surface area contributed by atoms with E-state index in [1.165, 1.54) is 24.9 Å². The Hall–Kier alpha value is -3.39. The minimum absolute atomic E-state index is 0.00398. The predicted octanol–water partition coefficient (Wildman–Crippen LogP) is 4.82. The molecule has 1 amide bonds. The van der Waals surface area contributed by atoms with E-state index in [0.717, 1.165) is 55.9 Å². The van der Waals surface area contributed by atoms with Gasteiger partial charge in [-0.3, -0.25) is 9.69 Å². The van der Waals surface area contributed by atoms with Crippen LogP contribution in [0.15, 0.2) is 53.1 Å². The third kappa shape index (κ3) is 6.31. The van der Waals surface area contributed by atoms with Gasteiger partial charge in [-0.2, -0.15) is 4.98 Å². The number of anilines is 1. The molecule has 0 saturated carbocycles. The summed E-state index contributed by atoms with van der Waals surface area (Å²) in [5.41, 5.74) is 3.32. The number of methoxy groups -OCH3 is 1. The molecule has 0 bridgehead atoms. The van der Waals surface area contributed by atoms with E-state index >= 15 is 0 Å². The zero-order valence-corrected chi connectivity index (χ0v) is 21.9. The largest absolute Gasteiger partial charge is 0.497 e. The smallest absolute Gasteiger partial charge is 0.241 e. The molecule has 1 unspecified atom stereocenters. The summed E-state index contributed by atoms with van der Waals surface area (Å²) in [6.45, 7) is 6.60. The second-order valence-corrected chi connectivity index (χ2v) is 10.2. The zero-order valence-electron chi connectivity index (χ0n) is 21.9. The number of carbonyl (C=O) groups excluding carboxylic acids is 1. The van der Waals surface area contributed by atoms with Crippen molar-refractivity contribution in [2.24, 2.45) is 5.92 Å². The Labute approximate surface area is 219 Å². The highest BCUT2D eigenvalue weighted by atomic mass is 16.5. The lowest BCUT2D eigenvalue weighted by molar-refractivity contribution is -0.127. The number of likely N-dealkylation sites (tertiary alicyclic amines) is 1. The summed E-state index contributed by atoms with van der Waals surface area (Å²) in [5, 5.41) is 7.36. The molecule has 2 saturated heterocycles. The molecule has 2 aliphatic heterocycles. The number of piperidine rings is 2. The van der Waals surface area contributed by atoms with E-state index < -0.39 is 0 Å². The standard InChI is InChI=1S/C29H37N5O3/c1-21(22-6-10-25(11-7-22)34-16-4-3-5-17-34)30-29(35)24-14-18-33(19-15-24)20-27-31-28(32-37-27)23-8-12-26(36-2)13-9-23/h6-13,21,24H,3-5,14-20H2,1-2H3,(H,30,35). The van der Waals surface area contributed by atoms with Crippen LogP contribution in [0, 0.1) is 5.92 Å². The van der Waals surface area contributed by atoms with Crippen LogP contribution in [0.2, 0.25) is 0 Å². The summed E-state index contributed by atoms with van der Waals surface area (Å²) in [5.74, 6) is 2.13. The summed E-state index contributed by atoms with van der Waals surface area (Å²) in [6.07, 6.45) is 5.52. The summed E-state index contributed by atoms with van der Waals surface area (Å²) in [6, 6.07) is 16.3. The molecule has 0 aliphatic carbocycles. The van der Waals surface area contributed by atoms with Crippen LogP contribution >= 0.6 is 0 Å². The van der Waals surface area contributed by atoms with Crippen molar-refractivity contribution in [3.05, 3.63) is 60.0 Å². The number of hydrogen-bond donors (Lipinski definition) is 1. The SMILES string of the molecule is COc1ccc(-c2noc(CN3CCC(C(=O)NC(C)c4ccc(N5CCCCC5)cc4)CC3)n2)cc1. The Morgan fingerprint density at radius 1 is 1.03 bits per heavy atom. The summed E-state index contributed by atoms with van der Waals surface area (Å²) >= 11 is 0. The van der Waals surface area contributed by atoms with Gasteiger partial charge in [-0.15, -0.1) is 0 Å². The van der Waals surface area contributed by atoms with Gasteiger partial charge in [0.05, 0.1) is 19.7 Å². The predicted molar refractivity (Wildman–Crippen MR) is 143 cm³/mol. The molecule has 2 fully saturated rings. The maximum atomic E-state index is 13.0. The van der Waals surface area contributed by atoms with Crippen molar-refractivity contribution in [2.75, 3.05) is 38.2 Å². The highest BCUT2D eigenvalue weighted by molar-refractivity contribution is 5.79. The second-order valence-electron chi connectivity index (χ2n) is 10.2. The molecular weight excluding hydrogens is 466 g/mol. The van der Waals surface area contributed by atoms with Crippen LogP contribution in [0.1, 0.15) is 56.5 Å². The maximum absolute atomic E-state index is 13.0. The lowest BCUT2D eigenvalue weighted by atomic mass is 9.95. The number of aromatic nitrogens is 2. The summed E-state index contributed by atoms with van der Waals surface area (Å²) < 4.78 is 10.7. The third-order valence-electron chi connectivity index (χ3n) is 7.61. The average molecular weight is 504 g/mol. The molecule has 0 radical (unpaired) electrons. The monoisotopic (exact) mass is 503 g/mol. The van der Waals surface area contributed by atoms with Gasteiger partial charge >= 0.3 is 0 Å². The second kappa shape index (κ2) is 11.8. The first-order valence-corrected chi connectivity index (χ1v) is 13.4. The molecule has 2 aliphatic rings. The van der Waals surface area contributed by atoms with E-state index in [0.29, 0.717) is 18.3 Å². The Bertz CT molecular complexity index is 1150. The van der Waals surface area contributed by atoms with Crippen LogP contribution in [-0.4, -0.2) is 54.2 Å². The first kappa shape index (κ1) is 25.3. The molecule has 3 aromatic rings. The highest BCUT2D eigenvalue weighted by Gasteiger charge is 2.27. The van der Waals surface area contributed by atoms with Crippen LogP contribution < -0.4 is 15.0 Å². The molecule has 1 aromatic heterocycles. The van der Waals surface area contributed by atoms with E-state index in [4.69, 9.17) is 9.26 Å². The van der Waals surface area contributed by atoms with E-state index in [2.05, 4.69) is 56.4 Å². The lowest BCUT2D eigenvalue weighted by Crippen LogP contribution is -2.41. The van der Waals surface area contributed by atoms with Gasteiger partial charge < -0.3 is 19.5 Å². The molecule has 8 heteroatoms. The maximum Gasteiger partial charge on any atom is 0.241 e. The van der Waals surface area contributed by atoms with Gasteiger partial charge in [-0.1, -0.05) is 17.3 Å². The highest BCUT2D eigenvalue weighted by Crippen LogP contribution is 2.25. The van der Waals surface area contributed by atoms with Crippen LogP contribution in [0.4, 0.5) is 5.69 Å². The first-order chi connectivity index (χ1) is 18.1. The topological polar surface area (TPSA) is 83.7 Å². The molecule has 8 nitrogen and oxygen atoms in total. The molecule has 3 heterocycles. The van der Waals surface area contributed by atoms with Crippen LogP contribution in [-0.2, 0) is 11.3 Å². The first-order valence-electron chi connectivity index (χ1n) is 13.4. The van der Waals surface area contributed by atoms with Crippen molar-refractivity contribution in [2.45, 2.75) is 51.6 Å². The van der Waals surface area contributed by atoms with Crippen LogP contribution in [0.5, 0.6) is 5.75 Å². The molecular formula is C29H37N5O3. The molecule has 1 N–H and O–H groups in total. The Kier molecular flexibility index (Phi) is 8.04. The molecule has 37 heavy (non-hydrogen) atoms. The van der Waals surface area contributed by atoms with E-state index in [-0.39, 0.29) is 17.9 Å². The zero-order chi connectivity index (χ0) is 25.6. The normalized spacial score (nSPS) is 17.9. The molecule has 2 aromatic carbocycles. The number of benzene rings is 2. The number of nitrogens with zero attached hydrogens (tertiary/aromatic N) is 4. The fourth-order valence-corrected chi connectivity index (χ4v) is 5.26. The van der Waals surface area contributed by atoms with Gasteiger partial charge in [0.25, 0.3) is 0 Å². The number of nitrogens with one attached hydrogen (secondary N) is 1. The third-order valence-corrected chi connectivity index (χ3v) is 7.61. The van der Waals surface area contributed by atoms with Crippen LogP contribution in [0.3, 0.4) is 0 Å². The van der Waals surface area contributed by atoms with Crippen molar-refractivity contribution in [3.8, 4) is 17.1 Å². The lowest BCUT2D eigenvalue weighted by Gasteiger charge is -2.31. The quantitative estimate of drug-likeness (QED) is 0.472. The number of hydrogen-bond acceptors (Lipinski definition) is 7.